The third-order valence-corrected chi connectivity index (χ3v) is 2.38. The van der Waals surface area contributed by atoms with E-state index < -0.39 is 6.04 Å². The van der Waals surface area contributed by atoms with Crippen molar-refractivity contribution < 1.29 is 9.59 Å². The lowest BCUT2D eigenvalue weighted by molar-refractivity contribution is -0.132. The minimum Gasteiger partial charge on any atom is -0.382 e. The van der Waals surface area contributed by atoms with E-state index in [0.717, 1.165) is 0 Å². The number of anilines is 2. The van der Waals surface area contributed by atoms with Crippen molar-refractivity contribution in [3.63, 3.8) is 0 Å². The Kier molecular flexibility index (Phi) is 2.43. The van der Waals surface area contributed by atoms with Crippen LogP contribution in [0.2, 0.25) is 0 Å². The van der Waals surface area contributed by atoms with Crippen LogP contribution in [-0.4, -0.2) is 34.4 Å². The number of hydrogen-bond donors (Lipinski definition) is 2. The monoisotopic (exact) mass is 221 g/mol. The van der Waals surface area contributed by atoms with E-state index in [-0.39, 0.29) is 18.4 Å². The molecule has 1 atom stereocenters. The smallest absolute Gasteiger partial charge is 0.249 e. The van der Waals surface area contributed by atoms with E-state index in [1.165, 1.54) is 12.4 Å². The largest absolute Gasteiger partial charge is 0.382 e. The number of nitrogens with zero attached hydrogens (tertiary/aromatic N) is 3. The van der Waals surface area contributed by atoms with E-state index in [9.17, 15) is 9.59 Å². The summed E-state index contributed by atoms with van der Waals surface area (Å²) in [5.74, 6) is 0.0747. The number of aromatic nitrogens is 2. The van der Waals surface area contributed by atoms with Crippen LogP contribution < -0.4 is 16.0 Å². The van der Waals surface area contributed by atoms with Crippen molar-refractivity contribution in [1.82, 2.24) is 15.3 Å². The van der Waals surface area contributed by atoms with E-state index >= 15 is 0 Å². The molecule has 0 saturated carbocycles. The van der Waals surface area contributed by atoms with Crippen molar-refractivity contribution in [2.75, 3.05) is 17.2 Å². The van der Waals surface area contributed by atoms with Crippen molar-refractivity contribution in [2.45, 2.75) is 13.0 Å². The maximum Gasteiger partial charge on any atom is 0.249 e. The molecule has 16 heavy (non-hydrogen) atoms. The van der Waals surface area contributed by atoms with Crippen LogP contribution in [-0.2, 0) is 9.59 Å². The molecule has 0 radical (unpaired) electrons. The van der Waals surface area contributed by atoms with Gasteiger partial charge in [-0.05, 0) is 6.92 Å². The van der Waals surface area contributed by atoms with Gasteiger partial charge in [0.15, 0.2) is 0 Å². The second kappa shape index (κ2) is 3.76. The zero-order valence-corrected chi connectivity index (χ0v) is 8.67. The summed E-state index contributed by atoms with van der Waals surface area (Å²) in [6, 6.07) is -0.448. The summed E-state index contributed by atoms with van der Waals surface area (Å²) < 4.78 is 0. The lowest BCUT2D eigenvalue weighted by Gasteiger charge is -2.32. The number of carbonyl (C=O) groups is 2. The molecule has 0 bridgehead atoms. The standard InChI is InChI=1S/C9H11N5O2/c1-5-9(16)13-8(15)4-14(5)7-3-11-6(10)2-12-7/h2-3,5H,4H2,1H3,(H2,10,11)(H,13,15,16). The topological polar surface area (TPSA) is 101 Å². The molecule has 2 heterocycles. The molecule has 0 spiro atoms. The first-order valence-electron chi connectivity index (χ1n) is 4.76. The van der Waals surface area contributed by atoms with E-state index in [1.54, 1.807) is 11.8 Å². The Bertz CT molecular complexity index is 430. The maximum atomic E-state index is 11.4. The highest BCUT2D eigenvalue weighted by atomic mass is 16.2. The minimum atomic E-state index is -0.448. The normalized spacial score (nSPS) is 20.8. The number of hydrogen-bond acceptors (Lipinski definition) is 6. The summed E-state index contributed by atoms with van der Waals surface area (Å²) in [6.07, 6.45) is 2.83. The first-order chi connectivity index (χ1) is 7.58. The number of nitrogen functional groups attached to an aromatic ring is 1. The van der Waals surface area contributed by atoms with Gasteiger partial charge < -0.3 is 10.6 Å². The molecular weight excluding hydrogens is 210 g/mol. The number of rotatable bonds is 1. The molecule has 0 aromatic carbocycles. The number of piperazine rings is 1. The van der Waals surface area contributed by atoms with Crippen LogP contribution in [0.1, 0.15) is 6.92 Å². The molecule has 1 aromatic rings. The Balaban J connectivity index is 2.28. The van der Waals surface area contributed by atoms with Gasteiger partial charge in [0.1, 0.15) is 17.7 Å². The lowest BCUT2D eigenvalue weighted by Crippen LogP contribution is -2.57. The van der Waals surface area contributed by atoms with Gasteiger partial charge in [0, 0.05) is 0 Å². The quantitative estimate of drug-likeness (QED) is 0.584. The van der Waals surface area contributed by atoms with Crippen molar-refractivity contribution in [1.29, 1.82) is 0 Å². The Morgan fingerprint density at radius 3 is 2.81 bits per heavy atom. The summed E-state index contributed by atoms with van der Waals surface area (Å²) in [5.41, 5.74) is 5.41. The Morgan fingerprint density at radius 1 is 1.44 bits per heavy atom. The fourth-order valence-electron chi connectivity index (χ4n) is 1.47. The van der Waals surface area contributed by atoms with Gasteiger partial charge in [0.2, 0.25) is 11.8 Å². The van der Waals surface area contributed by atoms with Crippen LogP contribution in [0.3, 0.4) is 0 Å². The molecule has 7 heteroatoms. The average Bonchev–Trinajstić information content (AvgIpc) is 2.25. The average molecular weight is 221 g/mol. The minimum absolute atomic E-state index is 0.0888. The summed E-state index contributed by atoms with van der Waals surface area (Å²) in [4.78, 5) is 32.1. The van der Waals surface area contributed by atoms with Crippen molar-refractivity contribution >= 4 is 23.5 Å². The fourth-order valence-corrected chi connectivity index (χ4v) is 1.47. The van der Waals surface area contributed by atoms with Gasteiger partial charge in [0.05, 0.1) is 18.9 Å². The molecule has 1 saturated heterocycles. The SMILES string of the molecule is CC1C(=O)NC(=O)CN1c1cnc(N)cn1. The zero-order valence-electron chi connectivity index (χ0n) is 8.67. The summed E-state index contributed by atoms with van der Waals surface area (Å²) >= 11 is 0. The molecule has 84 valence electrons. The van der Waals surface area contributed by atoms with Gasteiger partial charge in [-0.3, -0.25) is 14.9 Å². The first kappa shape index (κ1) is 10.3. The highest BCUT2D eigenvalue weighted by molar-refractivity contribution is 6.04. The highest BCUT2D eigenvalue weighted by Crippen LogP contribution is 2.15. The predicted molar refractivity (Wildman–Crippen MR) is 56.4 cm³/mol. The van der Waals surface area contributed by atoms with Crippen LogP contribution in [0, 0.1) is 0 Å². The van der Waals surface area contributed by atoms with E-state index in [0.29, 0.717) is 11.6 Å². The van der Waals surface area contributed by atoms with Crippen LogP contribution in [0.4, 0.5) is 11.6 Å². The summed E-state index contributed by atoms with van der Waals surface area (Å²) in [6.45, 7) is 1.78. The van der Waals surface area contributed by atoms with Gasteiger partial charge in [0.25, 0.3) is 0 Å². The second-order valence-electron chi connectivity index (χ2n) is 3.52. The number of amides is 2. The molecule has 0 aliphatic carbocycles. The van der Waals surface area contributed by atoms with E-state index in [2.05, 4.69) is 15.3 Å². The molecule has 1 fully saturated rings. The summed E-state index contributed by atoms with van der Waals surface area (Å²) in [7, 11) is 0. The Morgan fingerprint density at radius 2 is 2.19 bits per heavy atom. The maximum absolute atomic E-state index is 11.4. The van der Waals surface area contributed by atoms with Crippen molar-refractivity contribution in [3.8, 4) is 0 Å². The molecule has 2 amide bonds. The van der Waals surface area contributed by atoms with Crippen LogP contribution in [0.5, 0.6) is 0 Å². The molecule has 2 rings (SSSR count). The van der Waals surface area contributed by atoms with Crippen molar-refractivity contribution in [3.05, 3.63) is 12.4 Å². The number of nitrogens with one attached hydrogen (secondary N) is 1. The molecule has 1 aliphatic heterocycles. The number of imide groups is 1. The first-order valence-corrected chi connectivity index (χ1v) is 4.76. The number of carbonyl (C=O) groups excluding carboxylic acids is 2. The van der Waals surface area contributed by atoms with Gasteiger partial charge >= 0.3 is 0 Å². The molecular formula is C9H11N5O2. The highest BCUT2D eigenvalue weighted by Gasteiger charge is 2.31. The van der Waals surface area contributed by atoms with Crippen LogP contribution in [0.25, 0.3) is 0 Å². The zero-order chi connectivity index (χ0) is 11.7. The Hall–Kier alpha value is -2.18. The van der Waals surface area contributed by atoms with E-state index in [4.69, 9.17) is 5.73 Å². The van der Waals surface area contributed by atoms with Gasteiger partial charge in [-0.15, -0.1) is 0 Å². The van der Waals surface area contributed by atoms with Gasteiger partial charge in [-0.25, -0.2) is 9.97 Å². The molecule has 1 aliphatic rings. The molecule has 1 aromatic heterocycles. The third kappa shape index (κ3) is 1.79. The predicted octanol–water partition coefficient (Wildman–Crippen LogP) is -1.09. The third-order valence-electron chi connectivity index (χ3n) is 2.38. The van der Waals surface area contributed by atoms with Crippen LogP contribution >= 0.6 is 0 Å². The van der Waals surface area contributed by atoms with Gasteiger partial charge in [-0.1, -0.05) is 0 Å². The van der Waals surface area contributed by atoms with Gasteiger partial charge in [-0.2, -0.15) is 0 Å². The van der Waals surface area contributed by atoms with E-state index in [1.807, 2.05) is 0 Å². The Labute approximate surface area is 91.7 Å². The molecule has 7 nitrogen and oxygen atoms in total. The lowest BCUT2D eigenvalue weighted by atomic mass is 10.2. The number of nitrogens with two attached hydrogens (primary N) is 1. The molecule has 3 N–H and O–H groups in total. The fraction of sp³-hybridized carbons (Fsp3) is 0.333. The van der Waals surface area contributed by atoms with Crippen LogP contribution in [0.15, 0.2) is 12.4 Å². The molecule has 1 unspecified atom stereocenters. The summed E-state index contributed by atoms with van der Waals surface area (Å²) in [5, 5.41) is 2.25. The van der Waals surface area contributed by atoms with Crippen molar-refractivity contribution in [2.24, 2.45) is 0 Å². The second-order valence-corrected chi connectivity index (χ2v) is 3.52.